The molecule has 2 aromatic carbocycles. The van der Waals surface area contributed by atoms with E-state index in [0.717, 1.165) is 4.90 Å². The van der Waals surface area contributed by atoms with Crippen molar-refractivity contribution >= 4 is 29.8 Å². The van der Waals surface area contributed by atoms with Crippen molar-refractivity contribution in [3.8, 4) is 11.8 Å². The zero-order valence-electron chi connectivity index (χ0n) is 18.4. The van der Waals surface area contributed by atoms with Gasteiger partial charge in [-0.05, 0) is 41.8 Å². The van der Waals surface area contributed by atoms with E-state index in [1.54, 1.807) is 49.4 Å². The number of imide groups is 1. The van der Waals surface area contributed by atoms with Gasteiger partial charge >= 0.3 is 11.9 Å². The summed E-state index contributed by atoms with van der Waals surface area (Å²) in [4.78, 5) is 51.7. The molecule has 0 bridgehead atoms. The number of nitriles is 1. The Labute approximate surface area is 191 Å². The molecule has 2 amide bonds. The van der Waals surface area contributed by atoms with Gasteiger partial charge < -0.3 is 9.47 Å². The van der Waals surface area contributed by atoms with E-state index in [1.807, 2.05) is 6.92 Å². The first kappa shape index (κ1) is 23.4. The van der Waals surface area contributed by atoms with Gasteiger partial charge in [0.2, 0.25) is 0 Å². The number of nitrogens with zero attached hydrogens (tertiary/aromatic N) is 2. The number of hydrogen-bond acceptors (Lipinski definition) is 7. The second-order valence-electron chi connectivity index (χ2n) is 7.51. The van der Waals surface area contributed by atoms with Crippen LogP contribution in [0.5, 0.6) is 5.75 Å². The molecule has 168 valence electrons. The Balaban J connectivity index is 1.89. The summed E-state index contributed by atoms with van der Waals surface area (Å²) in [6, 6.07) is 13.3. The van der Waals surface area contributed by atoms with Crippen LogP contribution in [0.1, 0.15) is 46.5 Å². The normalized spacial score (nSPS) is 14.8. The van der Waals surface area contributed by atoms with E-state index in [4.69, 9.17) is 10.00 Å². The molecule has 0 radical (unpaired) electrons. The lowest BCUT2D eigenvalue weighted by Crippen LogP contribution is -2.50. The maximum absolute atomic E-state index is 13.2. The van der Waals surface area contributed by atoms with E-state index < -0.39 is 29.8 Å². The number of esters is 2. The van der Waals surface area contributed by atoms with Crippen LogP contribution in [0.2, 0.25) is 0 Å². The molecule has 1 heterocycles. The quantitative estimate of drug-likeness (QED) is 0.211. The fourth-order valence-corrected chi connectivity index (χ4v) is 3.53. The van der Waals surface area contributed by atoms with Gasteiger partial charge in [-0.15, -0.1) is 0 Å². The third-order valence-corrected chi connectivity index (χ3v) is 5.44. The Morgan fingerprint density at radius 1 is 1.09 bits per heavy atom. The Bertz CT molecular complexity index is 1160. The Hall–Kier alpha value is -4.25. The highest BCUT2D eigenvalue weighted by Crippen LogP contribution is 2.29. The summed E-state index contributed by atoms with van der Waals surface area (Å²) in [6.45, 7) is 3.62. The predicted octanol–water partition coefficient (Wildman–Crippen LogP) is 3.38. The van der Waals surface area contributed by atoms with Crippen LogP contribution in [0.4, 0.5) is 0 Å². The van der Waals surface area contributed by atoms with Crippen molar-refractivity contribution in [2.45, 2.75) is 26.3 Å². The Morgan fingerprint density at radius 2 is 1.73 bits per heavy atom. The lowest BCUT2D eigenvalue weighted by Gasteiger charge is -2.28. The van der Waals surface area contributed by atoms with E-state index >= 15 is 0 Å². The molecule has 1 aliphatic heterocycles. The number of carbonyl (C=O) groups excluding carboxylic acids is 4. The van der Waals surface area contributed by atoms with Gasteiger partial charge in [-0.1, -0.05) is 44.5 Å². The van der Waals surface area contributed by atoms with Gasteiger partial charge in [0.15, 0.2) is 0 Å². The zero-order valence-corrected chi connectivity index (χ0v) is 18.4. The van der Waals surface area contributed by atoms with E-state index in [1.165, 1.54) is 25.3 Å². The highest BCUT2D eigenvalue weighted by Gasteiger charge is 2.45. The van der Waals surface area contributed by atoms with Gasteiger partial charge in [-0.2, -0.15) is 5.26 Å². The minimum atomic E-state index is -1.12. The molecule has 2 aromatic rings. The molecule has 3 rings (SSSR count). The summed E-state index contributed by atoms with van der Waals surface area (Å²) in [7, 11) is 1.17. The van der Waals surface area contributed by atoms with Crippen LogP contribution in [0, 0.1) is 17.2 Å². The summed E-state index contributed by atoms with van der Waals surface area (Å²) in [5, 5.41) is 9.14. The van der Waals surface area contributed by atoms with Crippen molar-refractivity contribution in [3.05, 3.63) is 70.8 Å². The molecule has 0 aromatic heterocycles. The van der Waals surface area contributed by atoms with Crippen molar-refractivity contribution < 1.29 is 28.7 Å². The second kappa shape index (κ2) is 9.92. The van der Waals surface area contributed by atoms with E-state index in [0.29, 0.717) is 12.0 Å². The van der Waals surface area contributed by atoms with E-state index in [9.17, 15) is 19.2 Å². The molecule has 0 fully saturated rings. The highest BCUT2D eigenvalue weighted by molar-refractivity contribution is 6.22. The molecular formula is C25H22N2O6. The summed E-state index contributed by atoms with van der Waals surface area (Å²) >= 11 is 0. The van der Waals surface area contributed by atoms with Gasteiger partial charge in [0.25, 0.3) is 11.8 Å². The average Bonchev–Trinajstić information content (AvgIpc) is 3.07. The number of rotatable bonds is 7. The lowest BCUT2D eigenvalue weighted by atomic mass is 9.97. The second-order valence-corrected chi connectivity index (χ2v) is 7.51. The molecule has 1 aliphatic rings. The molecular weight excluding hydrogens is 424 g/mol. The fraction of sp³-hybridized carbons (Fsp3) is 0.240. The highest BCUT2D eigenvalue weighted by atomic mass is 16.5. The van der Waals surface area contributed by atoms with E-state index in [-0.39, 0.29) is 28.4 Å². The van der Waals surface area contributed by atoms with Crippen LogP contribution < -0.4 is 4.74 Å². The number of amides is 2. The van der Waals surface area contributed by atoms with Gasteiger partial charge in [0, 0.05) is 0 Å². The maximum atomic E-state index is 13.2. The zero-order chi connectivity index (χ0) is 24.1. The van der Waals surface area contributed by atoms with E-state index in [2.05, 4.69) is 4.74 Å². The number of benzene rings is 2. The molecule has 0 spiro atoms. The molecule has 2 unspecified atom stereocenters. The van der Waals surface area contributed by atoms with Crippen LogP contribution in [-0.2, 0) is 14.3 Å². The first-order chi connectivity index (χ1) is 15.8. The Morgan fingerprint density at radius 3 is 2.27 bits per heavy atom. The van der Waals surface area contributed by atoms with Crippen LogP contribution >= 0.6 is 0 Å². The van der Waals surface area contributed by atoms with Crippen molar-refractivity contribution in [2.75, 3.05) is 7.11 Å². The summed E-state index contributed by atoms with van der Waals surface area (Å²) in [5.41, 5.74) is 0.720. The first-order valence-electron chi connectivity index (χ1n) is 10.3. The van der Waals surface area contributed by atoms with Crippen LogP contribution in [0.25, 0.3) is 6.08 Å². The molecule has 8 nitrogen and oxygen atoms in total. The standard InChI is InChI=1S/C25H22N2O6/c1-4-15(2)21(27-22(28)19-10-5-6-11-20(19)23(27)29)25(31)33-18-9-7-8-16(13-18)12-17(14-26)24(30)32-3/h5-13,15,21H,4H2,1-3H3/b17-12+. The van der Waals surface area contributed by atoms with Crippen molar-refractivity contribution in [2.24, 2.45) is 5.92 Å². The Kier molecular flexibility index (Phi) is 7.04. The molecule has 0 saturated heterocycles. The topological polar surface area (TPSA) is 114 Å². The molecule has 8 heteroatoms. The van der Waals surface area contributed by atoms with Crippen LogP contribution in [0.15, 0.2) is 54.1 Å². The van der Waals surface area contributed by atoms with Crippen molar-refractivity contribution in [1.29, 1.82) is 5.26 Å². The third-order valence-electron chi connectivity index (χ3n) is 5.44. The average molecular weight is 446 g/mol. The van der Waals surface area contributed by atoms with Gasteiger partial charge in [-0.25, -0.2) is 9.59 Å². The number of methoxy groups -OCH3 is 1. The van der Waals surface area contributed by atoms with Crippen molar-refractivity contribution in [1.82, 2.24) is 4.90 Å². The minimum absolute atomic E-state index is 0.140. The summed E-state index contributed by atoms with van der Waals surface area (Å²) < 4.78 is 10.1. The minimum Gasteiger partial charge on any atom is -0.465 e. The first-order valence-corrected chi connectivity index (χ1v) is 10.3. The molecule has 0 aliphatic carbocycles. The fourth-order valence-electron chi connectivity index (χ4n) is 3.53. The van der Waals surface area contributed by atoms with Crippen molar-refractivity contribution in [3.63, 3.8) is 0 Å². The number of hydrogen-bond donors (Lipinski definition) is 0. The van der Waals surface area contributed by atoms with Gasteiger partial charge in [0.1, 0.15) is 23.4 Å². The number of carbonyl (C=O) groups is 4. The lowest BCUT2D eigenvalue weighted by molar-refractivity contribution is -0.140. The molecule has 2 atom stereocenters. The third kappa shape index (κ3) is 4.67. The summed E-state index contributed by atoms with van der Waals surface area (Å²) in [5.74, 6) is -2.83. The smallest absolute Gasteiger partial charge is 0.348 e. The van der Waals surface area contributed by atoms with Gasteiger partial charge in [-0.3, -0.25) is 14.5 Å². The maximum Gasteiger partial charge on any atom is 0.348 e. The molecule has 0 N–H and O–H groups in total. The van der Waals surface area contributed by atoms with Crippen LogP contribution in [0.3, 0.4) is 0 Å². The number of ether oxygens (including phenoxy) is 2. The number of fused-ring (bicyclic) bond motifs is 1. The largest absolute Gasteiger partial charge is 0.465 e. The predicted molar refractivity (Wildman–Crippen MR) is 118 cm³/mol. The molecule has 33 heavy (non-hydrogen) atoms. The van der Waals surface area contributed by atoms with Gasteiger partial charge in [0.05, 0.1) is 18.2 Å². The summed E-state index contributed by atoms with van der Waals surface area (Å²) in [6.07, 6.45) is 1.83. The SMILES string of the molecule is CCC(C)C(C(=O)Oc1cccc(/C=C(\C#N)C(=O)OC)c1)N1C(=O)c2ccccc2C1=O. The molecule has 0 saturated carbocycles. The monoisotopic (exact) mass is 446 g/mol. The van der Waals surface area contributed by atoms with Crippen LogP contribution in [-0.4, -0.2) is 41.8 Å².